The molecule has 0 aliphatic carbocycles. The molecule has 0 saturated carbocycles. The average Bonchev–Trinajstić information content (AvgIpc) is 2.82. The molecule has 1 aromatic carbocycles. The van der Waals surface area contributed by atoms with Gasteiger partial charge in [0.2, 0.25) is 0 Å². The van der Waals surface area contributed by atoms with Crippen LogP contribution in [-0.2, 0) is 4.79 Å². The maximum absolute atomic E-state index is 11.1. The molecule has 2 radical (unpaired) electrons. The van der Waals surface area contributed by atoms with Gasteiger partial charge in [-0.3, -0.25) is 19.8 Å². The Morgan fingerprint density at radius 3 is 2.89 bits per heavy atom. The number of benzodiazepines with no additional fused rings is 1. The van der Waals surface area contributed by atoms with E-state index in [2.05, 4.69) is 15.3 Å². The molecule has 0 bridgehead atoms. The number of hydrogen-bond acceptors (Lipinski definition) is 4. The molecule has 0 spiro atoms. The topological polar surface area (TPSA) is 86.9 Å². The fourth-order valence-corrected chi connectivity index (χ4v) is 2.92. The fourth-order valence-electron chi connectivity index (χ4n) is 2.92. The summed E-state index contributed by atoms with van der Waals surface area (Å²) in [4.78, 5) is 25.1. The molecule has 2 aromatic rings. The van der Waals surface area contributed by atoms with Crippen molar-refractivity contribution in [2.24, 2.45) is 9.98 Å². The third kappa shape index (κ3) is 4.61. The van der Waals surface area contributed by atoms with E-state index in [1.54, 1.807) is 6.20 Å². The number of carboxylic acid groups (broad SMARTS) is 1. The molecule has 0 amide bonds. The highest BCUT2D eigenvalue weighted by Gasteiger charge is 2.25. The van der Waals surface area contributed by atoms with Gasteiger partial charge in [0.05, 0.1) is 11.4 Å². The largest absolute Gasteiger partial charge is 0.481 e. The maximum atomic E-state index is 11.1. The van der Waals surface area contributed by atoms with E-state index in [1.165, 1.54) is 0 Å². The minimum atomic E-state index is -0.856. The summed E-state index contributed by atoms with van der Waals surface area (Å²) in [7, 11) is 6.01. The Morgan fingerprint density at radius 1 is 1.33 bits per heavy atom. The summed E-state index contributed by atoms with van der Waals surface area (Å²) in [5.74, 6) is -0.180. The first kappa shape index (κ1) is 18.8. The molecule has 3 rings (SSSR count). The Labute approximate surface area is 159 Å². The number of aliphatic carboxylic acids is 1. The first-order valence-electron chi connectivity index (χ1n) is 9.00. The third-order valence-electron chi connectivity index (χ3n) is 4.21. The lowest BCUT2D eigenvalue weighted by Gasteiger charge is -2.15. The lowest BCUT2D eigenvalue weighted by atomic mass is 9.91. The van der Waals surface area contributed by atoms with Crippen molar-refractivity contribution in [3.63, 3.8) is 0 Å². The number of aliphatic imine (C=N–C) groups is 2. The Hall–Kier alpha value is -2.96. The van der Waals surface area contributed by atoms with E-state index in [0.29, 0.717) is 35.7 Å². The molecule has 1 aliphatic rings. The number of benzene rings is 1. The van der Waals surface area contributed by atoms with Gasteiger partial charge in [-0.05, 0) is 31.0 Å². The van der Waals surface area contributed by atoms with Crippen LogP contribution in [0.3, 0.4) is 0 Å². The zero-order valence-electron chi connectivity index (χ0n) is 15.2. The number of nitrogens with one attached hydrogen (secondary N) is 1. The zero-order valence-corrected chi connectivity index (χ0v) is 15.2. The molecule has 1 aromatic heterocycles. The fraction of sp³-hybridized carbons (Fsp3) is 0.300. The highest BCUT2D eigenvalue weighted by Crippen LogP contribution is 2.24. The average molecular weight is 360 g/mol. The monoisotopic (exact) mass is 360 g/mol. The van der Waals surface area contributed by atoms with Crippen LogP contribution < -0.4 is 10.8 Å². The van der Waals surface area contributed by atoms with Crippen LogP contribution in [0.25, 0.3) is 0 Å². The number of carbonyl (C=O) groups is 1. The molecule has 6 nitrogen and oxygen atoms in total. The van der Waals surface area contributed by atoms with E-state index in [1.807, 2.05) is 43.3 Å². The van der Waals surface area contributed by atoms with Gasteiger partial charge in [0.1, 0.15) is 19.7 Å². The summed E-state index contributed by atoms with van der Waals surface area (Å²) in [6, 6.07) is 10.8. The summed E-state index contributed by atoms with van der Waals surface area (Å²) in [5, 5.41) is 12.5. The molecule has 0 fully saturated rings. The second kappa shape index (κ2) is 8.62. The summed E-state index contributed by atoms with van der Waals surface area (Å²) in [6.07, 6.45) is 2.96. The van der Waals surface area contributed by atoms with E-state index >= 15 is 0 Å². The van der Waals surface area contributed by atoms with E-state index in [-0.39, 0.29) is 6.42 Å². The van der Waals surface area contributed by atoms with Gasteiger partial charge in [0, 0.05) is 30.4 Å². The zero-order chi connectivity index (χ0) is 19.2. The van der Waals surface area contributed by atoms with Gasteiger partial charge in [-0.25, -0.2) is 0 Å². The number of hydrogen-bond donors (Lipinski definition) is 2. The molecular formula is C20H21BN4O2. The van der Waals surface area contributed by atoms with Crippen LogP contribution in [0.1, 0.15) is 37.4 Å². The highest BCUT2D eigenvalue weighted by atomic mass is 16.4. The van der Waals surface area contributed by atoms with Gasteiger partial charge in [0.15, 0.2) is 0 Å². The van der Waals surface area contributed by atoms with Crippen molar-refractivity contribution in [1.29, 1.82) is 0 Å². The van der Waals surface area contributed by atoms with Crippen molar-refractivity contribution in [1.82, 2.24) is 4.98 Å². The molecule has 2 N–H and O–H groups in total. The molecule has 1 aliphatic heterocycles. The molecule has 2 heterocycles. The standard InChI is InChI=1S/C20H21BN4O2/c1-2-10-23-20-17(8-9-18(26)27)24-19(16-5-3-4-11-22-16)14-12-13(21)6-7-15(14)25-20/h3-7,11-12,17H,2,8-10H2,1H3,(H,23,25)(H,26,27)/t17-/m0/s1. The van der Waals surface area contributed by atoms with E-state index in [9.17, 15) is 4.79 Å². The maximum Gasteiger partial charge on any atom is 0.303 e. The van der Waals surface area contributed by atoms with E-state index in [4.69, 9.17) is 17.9 Å². The Bertz CT molecular complexity index is 881. The van der Waals surface area contributed by atoms with Gasteiger partial charge >= 0.3 is 5.97 Å². The van der Waals surface area contributed by atoms with E-state index < -0.39 is 12.0 Å². The third-order valence-corrected chi connectivity index (χ3v) is 4.21. The predicted molar refractivity (Wildman–Crippen MR) is 109 cm³/mol. The van der Waals surface area contributed by atoms with Gasteiger partial charge in [-0.2, -0.15) is 0 Å². The number of amidine groups is 1. The number of rotatable bonds is 6. The van der Waals surface area contributed by atoms with Crippen LogP contribution in [0.4, 0.5) is 5.69 Å². The molecule has 0 unspecified atom stereocenters. The second-order valence-electron chi connectivity index (χ2n) is 6.34. The minimum Gasteiger partial charge on any atom is -0.481 e. The molecule has 136 valence electrons. The van der Waals surface area contributed by atoms with Crippen molar-refractivity contribution in [3.05, 3.63) is 53.9 Å². The van der Waals surface area contributed by atoms with Crippen LogP contribution >= 0.6 is 0 Å². The van der Waals surface area contributed by atoms with Crippen LogP contribution in [-0.4, -0.2) is 48.0 Å². The molecule has 0 saturated heterocycles. The number of nitrogens with zero attached hydrogens (tertiary/aromatic N) is 3. The summed E-state index contributed by atoms with van der Waals surface area (Å²) >= 11 is 0. The molecule has 1 atom stereocenters. The van der Waals surface area contributed by atoms with Crippen LogP contribution in [0.5, 0.6) is 0 Å². The first-order chi connectivity index (χ1) is 13.1. The normalized spacial score (nSPS) is 17.6. The number of carboxylic acids is 1. The summed E-state index contributed by atoms with van der Waals surface area (Å²) in [6.45, 7) is 2.69. The van der Waals surface area contributed by atoms with Gasteiger partial charge < -0.3 is 10.4 Å². The molecule has 7 heteroatoms. The lowest BCUT2D eigenvalue weighted by Crippen LogP contribution is -2.27. The Balaban J connectivity index is 2.14. The number of anilines is 1. The summed E-state index contributed by atoms with van der Waals surface area (Å²) in [5.41, 5.74) is 3.68. The highest BCUT2D eigenvalue weighted by molar-refractivity contribution is 6.33. The van der Waals surface area contributed by atoms with Crippen molar-refractivity contribution in [3.8, 4) is 0 Å². The molecular weight excluding hydrogens is 339 g/mol. The predicted octanol–water partition coefficient (Wildman–Crippen LogP) is 2.18. The summed E-state index contributed by atoms with van der Waals surface area (Å²) < 4.78 is 0. The van der Waals surface area contributed by atoms with Crippen molar-refractivity contribution >= 4 is 36.5 Å². The van der Waals surface area contributed by atoms with Crippen LogP contribution in [0.15, 0.2) is 52.6 Å². The quantitative estimate of drug-likeness (QED) is 0.773. The van der Waals surface area contributed by atoms with Gasteiger partial charge in [0.25, 0.3) is 0 Å². The van der Waals surface area contributed by atoms with E-state index in [0.717, 1.165) is 17.7 Å². The minimum absolute atomic E-state index is 0.00890. The van der Waals surface area contributed by atoms with Crippen molar-refractivity contribution < 1.29 is 9.90 Å². The smallest absolute Gasteiger partial charge is 0.303 e. The molecule has 27 heavy (non-hydrogen) atoms. The van der Waals surface area contributed by atoms with Crippen LogP contribution in [0, 0.1) is 0 Å². The number of aromatic nitrogens is 1. The second-order valence-corrected chi connectivity index (χ2v) is 6.34. The number of pyridine rings is 1. The Morgan fingerprint density at radius 2 is 2.19 bits per heavy atom. The van der Waals surface area contributed by atoms with Gasteiger partial charge in [-0.15, -0.1) is 0 Å². The Kier molecular flexibility index (Phi) is 6.01. The van der Waals surface area contributed by atoms with Crippen molar-refractivity contribution in [2.45, 2.75) is 32.2 Å². The SMILES string of the molecule is [B]c1ccc2c(c1)C(c1ccccn1)=N[C@@H](CCC(=O)O)C(=NCCC)N2. The lowest BCUT2D eigenvalue weighted by molar-refractivity contribution is -0.137. The first-order valence-corrected chi connectivity index (χ1v) is 9.00. The number of fused-ring (bicyclic) bond motifs is 1. The van der Waals surface area contributed by atoms with Gasteiger partial charge in [-0.1, -0.05) is 30.6 Å². The van der Waals surface area contributed by atoms with Crippen molar-refractivity contribution in [2.75, 3.05) is 11.9 Å². The van der Waals surface area contributed by atoms with Crippen LogP contribution in [0.2, 0.25) is 0 Å².